The Balaban J connectivity index is 2.83. The average Bonchev–Trinajstić information content (AvgIpc) is 2.50. The van der Waals surface area contributed by atoms with E-state index in [1.807, 2.05) is 13.8 Å². The molecule has 0 unspecified atom stereocenters. The maximum absolute atomic E-state index is 12.8. The van der Waals surface area contributed by atoms with Crippen LogP contribution in [0.25, 0.3) is 10.8 Å². The molecule has 1 aromatic carbocycles. The molecule has 0 amide bonds. The van der Waals surface area contributed by atoms with Crippen molar-refractivity contribution in [3.63, 3.8) is 0 Å². The number of nitrogens with zero attached hydrogens (tertiary/aromatic N) is 1. The van der Waals surface area contributed by atoms with Crippen molar-refractivity contribution in [1.82, 2.24) is 4.57 Å². The second-order valence-electron chi connectivity index (χ2n) is 5.76. The minimum atomic E-state index is -0.128. The van der Waals surface area contributed by atoms with Crippen molar-refractivity contribution in [1.29, 1.82) is 0 Å². The van der Waals surface area contributed by atoms with Crippen LogP contribution in [-0.2, 0) is 6.54 Å². The molecule has 1 aromatic heterocycles. The van der Waals surface area contributed by atoms with Gasteiger partial charge in [-0.15, -0.1) is 0 Å². The first-order valence-corrected chi connectivity index (χ1v) is 8.56. The van der Waals surface area contributed by atoms with E-state index in [-0.39, 0.29) is 18.1 Å². The van der Waals surface area contributed by atoms with Gasteiger partial charge in [-0.2, -0.15) is 0 Å². The van der Waals surface area contributed by atoms with Crippen LogP contribution in [0.3, 0.4) is 0 Å². The smallest absolute Gasteiger partial charge is 0.259 e. The zero-order chi connectivity index (χ0) is 17.1. The van der Waals surface area contributed by atoms with Gasteiger partial charge < -0.3 is 15.0 Å². The molecule has 0 bridgehead atoms. The molecule has 0 aliphatic heterocycles. The summed E-state index contributed by atoms with van der Waals surface area (Å²) in [7, 11) is 0. The van der Waals surface area contributed by atoms with E-state index < -0.39 is 0 Å². The molecule has 2 aromatic rings. The molecule has 23 heavy (non-hydrogen) atoms. The van der Waals surface area contributed by atoms with Crippen molar-refractivity contribution in [2.24, 2.45) is 5.73 Å². The predicted octanol–water partition coefficient (Wildman–Crippen LogP) is 4.53. The van der Waals surface area contributed by atoms with Gasteiger partial charge in [-0.1, -0.05) is 36.5 Å². The third kappa shape index (κ3) is 3.49. The Kier molecular flexibility index (Phi) is 5.95. The number of nitrogens with two attached hydrogens (primary N) is 1. The number of hydrogen-bond acceptors (Lipinski definition) is 3. The van der Waals surface area contributed by atoms with Crippen molar-refractivity contribution in [3.05, 3.63) is 38.2 Å². The highest BCUT2D eigenvalue weighted by atomic mass is 35.5. The Morgan fingerprint density at radius 1 is 1.22 bits per heavy atom. The van der Waals surface area contributed by atoms with Crippen molar-refractivity contribution < 1.29 is 4.74 Å². The molecule has 1 heterocycles. The number of halogens is 2. The van der Waals surface area contributed by atoms with Crippen molar-refractivity contribution in [2.45, 2.75) is 46.2 Å². The molecule has 126 valence electrons. The molecule has 0 aliphatic carbocycles. The van der Waals surface area contributed by atoms with E-state index in [0.717, 1.165) is 12.8 Å². The second-order valence-corrected chi connectivity index (χ2v) is 6.58. The van der Waals surface area contributed by atoms with Crippen molar-refractivity contribution >= 4 is 34.0 Å². The van der Waals surface area contributed by atoms with E-state index in [9.17, 15) is 4.79 Å². The lowest BCUT2D eigenvalue weighted by atomic mass is 10.1. The lowest BCUT2D eigenvalue weighted by molar-refractivity contribution is 0.304. The summed E-state index contributed by atoms with van der Waals surface area (Å²) in [6.07, 6.45) is 1.94. The fourth-order valence-corrected chi connectivity index (χ4v) is 2.97. The van der Waals surface area contributed by atoms with Crippen LogP contribution in [-0.4, -0.2) is 11.2 Å². The molecule has 6 heteroatoms. The molecule has 0 saturated heterocycles. The molecule has 0 fully saturated rings. The van der Waals surface area contributed by atoms with Gasteiger partial charge in [0.25, 0.3) is 5.56 Å². The lowest BCUT2D eigenvalue weighted by Crippen LogP contribution is -2.28. The first kappa shape index (κ1) is 18.1. The Labute approximate surface area is 146 Å². The van der Waals surface area contributed by atoms with E-state index in [1.54, 1.807) is 16.7 Å². The van der Waals surface area contributed by atoms with Crippen LogP contribution in [0.15, 0.2) is 16.9 Å². The maximum Gasteiger partial charge on any atom is 0.259 e. The SMILES string of the molecule is CCCCOc1c(CN)n(C(C)C)c(=O)c2cc(Cl)c(Cl)cc12. The monoisotopic (exact) mass is 356 g/mol. The van der Waals surface area contributed by atoms with Gasteiger partial charge in [0.1, 0.15) is 5.75 Å². The van der Waals surface area contributed by atoms with E-state index in [2.05, 4.69) is 6.92 Å². The van der Waals surface area contributed by atoms with Crippen LogP contribution in [0, 0.1) is 0 Å². The van der Waals surface area contributed by atoms with E-state index >= 15 is 0 Å². The molecule has 0 aliphatic rings. The molecule has 0 atom stereocenters. The molecule has 2 rings (SSSR count). The first-order valence-electron chi connectivity index (χ1n) is 7.81. The van der Waals surface area contributed by atoms with Crippen LogP contribution < -0.4 is 16.0 Å². The van der Waals surface area contributed by atoms with Crippen LogP contribution in [0.1, 0.15) is 45.3 Å². The van der Waals surface area contributed by atoms with Gasteiger partial charge in [0.05, 0.1) is 27.7 Å². The molecular formula is C17H22Cl2N2O2. The van der Waals surface area contributed by atoms with Gasteiger partial charge in [0.2, 0.25) is 0 Å². The zero-order valence-electron chi connectivity index (χ0n) is 13.7. The minimum absolute atomic E-state index is 0.0339. The van der Waals surface area contributed by atoms with E-state index in [1.165, 1.54) is 0 Å². The molecule has 4 nitrogen and oxygen atoms in total. The Morgan fingerprint density at radius 3 is 2.35 bits per heavy atom. The maximum atomic E-state index is 12.8. The summed E-state index contributed by atoms with van der Waals surface area (Å²) < 4.78 is 7.66. The first-order chi connectivity index (χ1) is 10.9. The third-order valence-electron chi connectivity index (χ3n) is 3.76. The molecule has 0 radical (unpaired) electrons. The zero-order valence-corrected chi connectivity index (χ0v) is 15.2. The van der Waals surface area contributed by atoms with E-state index in [0.29, 0.717) is 38.9 Å². The minimum Gasteiger partial charge on any atom is -0.491 e. The Morgan fingerprint density at radius 2 is 1.83 bits per heavy atom. The highest BCUT2D eigenvalue weighted by Gasteiger charge is 2.20. The highest BCUT2D eigenvalue weighted by molar-refractivity contribution is 6.42. The molecule has 0 spiro atoms. The van der Waals surface area contributed by atoms with Gasteiger partial charge in [-0.3, -0.25) is 4.79 Å². The topological polar surface area (TPSA) is 57.2 Å². The predicted molar refractivity (Wildman–Crippen MR) is 96.9 cm³/mol. The standard InChI is InChI=1S/C17H22Cl2N2O2/c1-4-5-6-23-16-11-7-13(18)14(19)8-12(11)17(22)21(10(2)3)15(16)9-20/h7-8,10H,4-6,9,20H2,1-3H3. The molecular weight excluding hydrogens is 335 g/mol. The largest absolute Gasteiger partial charge is 0.491 e. The fraction of sp³-hybridized carbons (Fsp3) is 0.471. The van der Waals surface area contributed by atoms with Crippen molar-refractivity contribution in [2.75, 3.05) is 6.61 Å². The van der Waals surface area contributed by atoms with Gasteiger partial charge in [0.15, 0.2) is 0 Å². The summed E-state index contributed by atoms with van der Waals surface area (Å²) in [5, 5.41) is 1.91. The Hall–Kier alpha value is -1.23. The third-order valence-corrected chi connectivity index (χ3v) is 4.48. The van der Waals surface area contributed by atoms with Gasteiger partial charge in [0, 0.05) is 18.0 Å². The number of pyridine rings is 1. The number of ether oxygens (including phenoxy) is 1. The van der Waals surface area contributed by atoms with Crippen LogP contribution >= 0.6 is 23.2 Å². The number of fused-ring (bicyclic) bond motifs is 1. The second kappa shape index (κ2) is 7.56. The van der Waals surface area contributed by atoms with Gasteiger partial charge in [-0.25, -0.2) is 0 Å². The average molecular weight is 357 g/mol. The van der Waals surface area contributed by atoms with Gasteiger partial charge in [-0.05, 0) is 32.4 Å². The lowest BCUT2D eigenvalue weighted by Gasteiger charge is -2.21. The highest BCUT2D eigenvalue weighted by Crippen LogP contribution is 2.34. The summed E-state index contributed by atoms with van der Waals surface area (Å²) in [5.41, 5.74) is 6.48. The van der Waals surface area contributed by atoms with Crippen LogP contribution in [0.2, 0.25) is 10.0 Å². The van der Waals surface area contributed by atoms with E-state index in [4.69, 9.17) is 33.7 Å². The molecule has 2 N–H and O–H groups in total. The summed E-state index contributed by atoms with van der Waals surface area (Å²) in [5.74, 6) is 0.628. The Bertz CT molecular complexity index is 770. The number of benzene rings is 1. The number of rotatable bonds is 6. The normalized spacial score (nSPS) is 11.4. The number of unbranched alkanes of at least 4 members (excludes halogenated alkanes) is 1. The number of hydrogen-bond donors (Lipinski definition) is 1. The number of aromatic nitrogens is 1. The fourth-order valence-electron chi connectivity index (χ4n) is 2.65. The van der Waals surface area contributed by atoms with Crippen molar-refractivity contribution in [3.8, 4) is 5.75 Å². The summed E-state index contributed by atoms with van der Waals surface area (Å²) in [6, 6.07) is 3.26. The summed E-state index contributed by atoms with van der Waals surface area (Å²) in [6.45, 7) is 6.76. The quantitative estimate of drug-likeness (QED) is 0.773. The van der Waals surface area contributed by atoms with Crippen LogP contribution in [0.5, 0.6) is 5.75 Å². The van der Waals surface area contributed by atoms with Crippen LogP contribution in [0.4, 0.5) is 0 Å². The summed E-state index contributed by atoms with van der Waals surface area (Å²) >= 11 is 12.2. The molecule has 0 saturated carbocycles. The van der Waals surface area contributed by atoms with Gasteiger partial charge >= 0.3 is 0 Å². The summed E-state index contributed by atoms with van der Waals surface area (Å²) in [4.78, 5) is 12.8.